The molecule has 0 aromatic heterocycles. The van der Waals surface area contributed by atoms with E-state index in [0.29, 0.717) is 12.5 Å². The van der Waals surface area contributed by atoms with Gasteiger partial charge in [-0.1, -0.05) is 12.8 Å². The molecule has 0 spiro atoms. The van der Waals surface area contributed by atoms with Crippen LogP contribution in [0.25, 0.3) is 0 Å². The Morgan fingerprint density at radius 1 is 1.11 bits per heavy atom. The molecule has 106 valence electrons. The van der Waals surface area contributed by atoms with Gasteiger partial charge in [-0.2, -0.15) is 0 Å². The van der Waals surface area contributed by atoms with Crippen LogP contribution in [0.1, 0.15) is 44.9 Å². The monoisotopic (exact) mass is 265 g/mol. The van der Waals surface area contributed by atoms with Crippen LogP contribution < -0.4 is 10.6 Å². The van der Waals surface area contributed by atoms with Crippen molar-refractivity contribution in [2.24, 2.45) is 0 Å². The maximum absolute atomic E-state index is 12.1. The molecule has 19 heavy (non-hydrogen) atoms. The van der Waals surface area contributed by atoms with Crippen molar-refractivity contribution in [2.45, 2.75) is 63.1 Å². The van der Waals surface area contributed by atoms with Crippen LogP contribution in [0.5, 0.6) is 0 Å². The summed E-state index contributed by atoms with van der Waals surface area (Å²) in [4.78, 5) is 26.1. The second kappa shape index (κ2) is 5.49. The maximum Gasteiger partial charge on any atom is 0.237 e. The Labute approximate surface area is 114 Å². The van der Waals surface area contributed by atoms with Crippen molar-refractivity contribution < 1.29 is 9.59 Å². The molecule has 2 amide bonds. The summed E-state index contributed by atoms with van der Waals surface area (Å²) < 4.78 is 0. The highest BCUT2D eigenvalue weighted by molar-refractivity contribution is 5.89. The Morgan fingerprint density at radius 3 is 2.53 bits per heavy atom. The zero-order valence-corrected chi connectivity index (χ0v) is 11.4. The lowest BCUT2D eigenvalue weighted by Crippen LogP contribution is -2.65. The topological polar surface area (TPSA) is 61.4 Å². The molecule has 3 atom stereocenters. The van der Waals surface area contributed by atoms with Gasteiger partial charge in [0.1, 0.15) is 0 Å². The highest BCUT2D eigenvalue weighted by atomic mass is 16.2. The minimum Gasteiger partial charge on any atom is -0.350 e. The van der Waals surface area contributed by atoms with Gasteiger partial charge < -0.3 is 15.5 Å². The molecule has 1 saturated carbocycles. The van der Waals surface area contributed by atoms with Gasteiger partial charge in [0.05, 0.1) is 12.5 Å². The van der Waals surface area contributed by atoms with Gasteiger partial charge in [0.25, 0.3) is 0 Å². The van der Waals surface area contributed by atoms with Gasteiger partial charge >= 0.3 is 0 Å². The minimum absolute atomic E-state index is 0.00990. The van der Waals surface area contributed by atoms with E-state index in [1.807, 2.05) is 4.90 Å². The first kappa shape index (κ1) is 12.9. The number of carbonyl (C=O) groups is 2. The fraction of sp³-hybridized carbons (Fsp3) is 0.857. The second-order valence-corrected chi connectivity index (χ2v) is 6.02. The number of carbonyl (C=O) groups excluding carboxylic acids is 2. The van der Waals surface area contributed by atoms with Crippen molar-refractivity contribution in [1.82, 2.24) is 15.5 Å². The summed E-state index contributed by atoms with van der Waals surface area (Å²) in [5, 5.41) is 6.49. The number of nitrogens with zero attached hydrogens (tertiary/aromatic N) is 1. The van der Waals surface area contributed by atoms with Crippen LogP contribution in [0.3, 0.4) is 0 Å². The predicted octanol–water partition coefficient (Wildman–Crippen LogP) is 0.398. The van der Waals surface area contributed by atoms with Crippen molar-refractivity contribution in [3.05, 3.63) is 0 Å². The molecular weight excluding hydrogens is 242 g/mol. The quantitative estimate of drug-likeness (QED) is 0.759. The third-order valence-electron chi connectivity index (χ3n) is 4.66. The average Bonchev–Trinajstić information content (AvgIpc) is 2.93. The van der Waals surface area contributed by atoms with E-state index < -0.39 is 0 Å². The highest BCUT2D eigenvalue weighted by Crippen LogP contribution is 2.22. The Balaban J connectivity index is 1.58. The lowest BCUT2D eigenvalue weighted by Gasteiger charge is -2.40. The molecular formula is C14H23N3O2. The fourth-order valence-electron chi connectivity index (χ4n) is 3.54. The zero-order valence-electron chi connectivity index (χ0n) is 11.4. The molecule has 5 nitrogen and oxygen atoms in total. The van der Waals surface area contributed by atoms with Crippen molar-refractivity contribution >= 4 is 11.8 Å². The van der Waals surface area contributed by atoms with E-state index in [-0.39, 0.29) is 23.9 Å². The smallest absolute Gasteiger partial charge is 0.237 e. The van der Waals surface area contributed by atoms with Crippen LogP contribution in [0.4, 0.5) is 0 Å². The minimum atomic E-state index is -0.326. The number of hydrogen-bond acceptors (Lipinski definition) is 3. The molecule has 2 heterocycles. The van der Waals surface area contributed by atoms with E-state index in [2.05, 4.69) is 10.6 Å². The van der Waals surface area contributed by atoms with E-state index in [1.165, 1.54) is 12.8 Å². The maximum atomic E-state index is 12.1. The lowest BCUT2D eigenvalue weighted by atomic mass is 9.87. The molecule has 2 N–H and O–H groups in total. The number of rotatable bonds is 2. The molecule has 0 radical (unpaired) electrons. The van der Waals surface area contributed by atoms with Gasteiger partial charge in [-0.05, 0) is 25.7 Å². The van der Waals surface area contributed by atoms with Crippen molar-refractivity contribution in [2.75, 3.05) is 13.1 Å². The molecule has 1 aliphatic carbocycles. The van der Waals surface area contributed by atoms with Crippen molar-refractivity contribution in [1.29, 1.82) is 0 Å². The second-order valence-electron chi connectivity index (χ2n) is 6.02. The normalized spacial score (nSPS) is 34.8. The number of piperazine rings is 1. The van der Waals surface area contributed by atoms with Gasteiger partial charge in [0.15, 0.2) is 0 Å². The summed E-state index contributed by atoms with van der Waals surface area (Å²) in [7, 11) is 0. The Kier molecular flexibility index (Phi) is 3.73. The van der Waals surface area contributed by atoms with Crippen LogP contribution in [-0.4, -0.2) is 47.9 Å². The first-order valence-corrected chi connectivity index (χ1v) is 7.58. The van der Waals surface area contributed by atoms with Crippen LogP contribution in [0.15, 0.2) is 0 Å². The van der Waals surface area contributed by atoms with Gasteiger partial charge in [0, 0.05) is 25.2 Å². The van der Waals surface area contributed by atoms with Crippen LogP contribution >= 0.6 is 0 Å². The molecule has 2 saturated heterocycles. The van der Waals surface area contributed by atoms with Crippen molar-refractivity contribution in [3.8, 4) is 0 Å². The molecule has 0 bridgehead atoms. The summed E-state index contributed by atoms with van der Waals surface area (Å²) in [5.74, 6) is 0.134. The van der Waals surface area contributed by atoms with Gasteiger partial charge in [-0.15, -0.1) is 0 Å². The van der Waals surface area contributed by atoms with Crippen LogP contribution in [0.2, 0.25) is 0 Å². The molecule has 3 unspecified atom stereocenters. The number of likely N-dealkylation sites (tertiary alicyclic amines) is 1. The standard InChI is InChI=1S/C14H23N3O2/c18-13(17-7-3-4-8-17)9-12-14(19)16-11-6-2-1-5-10(11)15-12/h10-12,15H,1-9H2,(H,16,19). The number of nitrogens with one attached hydrogen (secondary N) is 2. The zero-order chi connectivity index (χ0) is 13.2. The van der Waals surface area contributed by atoms with Gasteiger partial charge in [0.2, 0.25) is 11.8 Å². The third kappa shape index (κ3) is 2.76. The van der Waals surface area contributed by atoms with E-state index >= 15 is 0 Å². The van der Waals surface area contributed by atoms with Gasteiger partial charge in [-0.25, -0.2) is 0 Å². The molecule has 0 aromatic rings. The molecule has 0 aromatic carbocycles. The number of fused-ring (bicyclic) bond motifs is 1. The summed E-state index contributed by atoms with van der Waals surface area (Å²) >= 11 is 0. The Bertz CT molecular complexity index is 366. The molecule has 3 fully saturated rings. The average molecular weight is 265 g/mol. The van der Waals surface area contributed by atoms with E-state index in [4.69, 9.17) is 0 Å². The SMILES string of the molecule is O=C1NC2CCCCC2NC1CC(=O)N1CCCC1. The van der Waals surface area contributed by atoms with Gasteiger partial charge in [-0.3, -0.25) is 9.59 Å². The molecule has 5 heteroatoms. The summed E-state index contributed by atoms with van der Waals surface area (Å²) in [6, 6.07) is 0.315. The van der Waals surface area contributed by atoms with E-state index in [1.54, 1.807) is 0 Å². The van der Waals surface area contributed by atoms with Crippen LogP contribution in [-0.2, 0) is 9.59 Å². The highest BCUT2D eigenvalue weighted by Gasteiger charge is 2.37. The fourth-order valence-corrected chi connectivity index (χ4v) is 3.54. The molecule has 3 aliphatic rings. The Morgan fingerprint density at radius 2 is 1.79 bits per heavy atom. The third-order valence-corrected chi connectivity index (χ3v) is 4.66. The first-order chi connectivity index (χ1) is 9.24. The number of amides is 2. The van der Waals surface area contributed by atoms with Crippen molar-refractivity contribution in [3.63, 3.8) is 0 Å². The lowest BCUT2D eigenvalue weighted by molar-refractivity contribution is -0.135. The summed E-state index contributed by atoms with van der Waals surface area (Å²) in [6.07, 6.45) is 7.10. The molecule has 3 rings (SSSR count). The van der Waals surface area contributed by atoms with E-state index in [0.717, 1.165) is 38.8 Å². The van der Waals surface area contributed by atoms with Crippen LogP contribution in [0, 0.1) is 0 Å². The summed E-state index contributed by atoms with van der Waals surface area (Å²) in [6.45, 7) is 1.72. The summed E-state index contributed by atoms with van der Waals surface area (Å²) in [5.41, 5.74) is 0. The first-order valence-electron chi connectivity index (χ1n) is 7.58. The predicted molar refractivity (Wildman–Crippen MR) is 71.5 cm³/mol. The molecule has 2 aliphatic heterocycles. The Hall–Kier alpha value is -1.10. The largest absolute Gasteiger partial charge is 0.350 e. The number of hydrogen-bond donors (Lipinski definition) is 2. The van der Waals surface area contributed by atoms with E-state index in [9.17, 15) is 9.59 Å².